The molecule has 5 nitrogen and oxygen atoms in total. The summed E-state index contributed by atoms with van der Waals surface area (Å²) in [5, 5.41) is 25.2. The van der Waals surface area contributed by atoms with Crippen LogP contribution >= 0.6 is 0 Å². The predicted molar refractivity (Wildman–Crippen MR) is 92.0 cm³/mol. The van der Waals surface area contributed by atoms with Gasteiger partial charge in [0.05, 0.1) is 12.2 Å². The second-order valence-electron chi connectivity index (χ2n) is 5.49. The van der Waals surface area contributed by atoms with E-state index in [1.165, 1.54) is 0 Å². The molecule has 136 valence electrons. The van der Waals surface area contributed by atoms with Gasteiger partial charge in [-0.2, -0.15) is 5.10 Å². The van der Waals surface area contributed by atoms with Crippen LogP contribution in [0.3, 0.4) is 0 Å². The maximum atomic E-state index is 8.56. The molecule has 0 spiro atoms. The number of benzene rings is 2. The molecule has 2 atom stereocenters. The maximum Gasteiger partial charge on any atom is 0.237 e. The summed E-state index contributed by atoms with van der Waals surface area (Å²) in [6.45, 7) is 3.32. The zero-order valence-electron chi connectivity index (χ0n) is 14.1. The fraction of sp³-hybridized carbons (Fsp3) is 0.263. The molecule has 0 aliphatic rings. The molecule has 0 radical (unpaired) electrons. The topological polar surface area (TPSA) is 79.4 Å². The van der Waals surface area contributed by atoms with Gasteiger partial charge in [-0.1, -0.05) is 23.8 Å². The first kappa shape index (κ1) is 21.2. The Morgan fingerprint density at radius 2 is 1.52 bits per heavy atom. The van der Waals surface area contributed by atoms with Crippen LogP contribution in [0.4, 0.5) is 0 Å². The molecule has 25 heavy (non-hydrogen) atoms. The van der Waals surface area contributed by atoms with Gasteiger partial charge in [-0.05, 0) is 32.4 Å². The van der Waals surface area contributed by atoms with E-state index in [9.17, 15) is 0 Å². The van der Waals surface area contributed by atoms with Gasteiger partial charge in [-0.25, -0.2) is 0 Å². The third-order valence-electron chi connectivity index (χ3n) is 3.07. The summed E-state index contributed by atoms with van der Waals surface area (Å²) < 4.78 is 5.60. The Balaban J connectivity index is 0.000000339. The van der Waals surface area contributed by atoms with Crippen LogP contribution in [0.1, 0.15) is 20.3 Å². The summed E-state index contributed by atoms with van der Waals surface area (Å²) >= 11 is 0. The summed E-state index contributed by atoms with van der Waals surface area (Å²) in [7, 11) is 0. The van der Waals surface area contributed by atoms with Gasteiger partial charge in [0, 0.05) is 26.6 Å². The van der Waals surface area contributed by atoms with E-state index in [1.54, 1.807) is 13.8 Å². The zero-order valence-corrected chi connectivity index (χ0v) is 16.3. The van der Waals surface area contributed by atoms with Crippen molar-refractivity contribution in [3.05, 3.63) is 60.7 Å². The van der Waals surface area contributed by atoms with Gasteiger partial charge < -0.3 is 14.6 Å². The number of hydrogen-bond donors (Lipinski definition) is 2. The molecule has 0 saturated carbocycles. The van der Waals surface area contributed by atoms with Crippen molar-refractivity contribution >= 4 is 0 Å². The average Bonchev–Trinajstić information content (AvgIpc) is 3.06. The largest absolute Gasteiger partial charge is 0.464 e. The minimum absolute atomic E-state index is 0. The van der Waals surface area contributed by atoms with Crippen LogP contribution < -0.4 is 0 Å². The molecule has 6 heteroatoms. The van der Waals surface area contributed by atoms with Gasteiger partial charge in [0.2, 0.25) is 5.89 Å². The van der Waals surface area contributed by atoms with E-state index in [0.29, 0.717) is 18.2 Å². The van der Waals surface area contributed by atoms with Crippen LogP contribution in [0, 0.1) is 6.07 Å². The van der Waals surface area contributed by atoms with Crippen molar-refractivity contribution in [1.29, 1.82) is 0 Å². The third kappa shape index (κ3) is 7.30. The number of aliphatic hydroxyl groups excluding tert-OH is 2. The van der Waals surface area contributed by atoms with Crippen molar-refractivity contribution in [3.8, 4) is 22.9 Å². The summed E-state index contributed by atoms with van der Waals surface area (Å²) in [6.07, 6.45) is -0.278. The van der Waals surface area contributed by atoms with Crippen LogP contribution in [0.25, 0.3) is 22.9 Å². The molecule has 0 bridgehead atoms. The molecule has 2 unspecified atom stereocenters. The standard InChI is InChI=1S/C14H9N2O.C5H12O2.Pt/c1-3-7-11(8-4-1)13-15-16-14(17-13)12-9-5-2-6-10-12;1-4(6)3-5(2)7;/h1-9H;4-7H,3H2,1-2H3;/q-1;;. The molecule has 3 rings (SSSR count). The Hall–Kier alpha value is -1.81. The summed E-state index contributed by atoms with van der Waals surface area (Å²) in [5.74, 6) is 1.02. The number of hydrogen-bond acceptors (Lipinski definition) is 5. The SMILES string of the molecule is CC(O)CC(C)O.[Pt].[c-]1ccccc1-c1nnc(-c2ccccc2)o1. The molecule has 2 aromatic carbocycles. The molecule has 1 heterocycles. The first-order chi connectivity index (χ1) is 11.6. The molecule has 0 fully saturated rings. The molecule has 0 aliphatic heterocycles. The summed E-state index contributed by atoms with van der Waals surface area (Å²) in [6, 6.07) is 20.3. The van der Waals surface area contributed by atoms with E-state index in [1.807, 2.05) is 54.6 Å². The predicted octanol–water partition coefficient (Wildman–Crippen LogP) is 3.34. The normalized spacial score (nSPS) is 12.3. The van der Waals surface area contributed by atoms with Crippen LogP contribution in [0.15, 0.2) is 59.0 Å². The summed E-state index contributed by atoms with van der Waals surface area (Å²) in [4.78, 5) is 0. The molecular formula is C19H21N2O3Pt-. The fourth-order valence-corrected chi connectivity index (χ4v) is 2.05. The van der Waals surface area contributed by atoms with Crippen molar-refractivity contribution in [2.75, 3.05) is 0 Å². The zero-order chi connectivity index (χ0) is 17.4. The van der Waals surface area contributed by atoms with Gasteiger partial charge in [0.15, 0.2) is 5.89 Å². The maximum absolute atomic E-state index is 8.56. The van der Waals surface area contributed by atoms with Crippen molar-refractivity contribution in [2.45, 2.75) is 32.5 Å². The molecule has 0 amide bonds. The first-order valence-corrected chi connectivity index (χ1v) is 7.78. The van der Waals surface area contributed by atoms with E-state index in [0.717, 1.165) is 11.1 Å². The Labute approximate surface area is 162 Å². The van der Waals surface area contributed by atoms with E-state index < -0.39 is 0 Å². The van der Waals surface area contributed by atoms with Gasteiger partial charge in [0.25, 0.3) is 0 Å². The van der Waals surface area contributed by atoms with Gasteiger partial charge in [-0.15, -0.1) is 35.4 Å². The van der Waals surface area contributed by atoms with Gasteiger partial charge >= 0.3 is 0 Å². The Morgan fingerprint density at radius 1 is 0.920 bits per heavy atom. The van der Waals surface area contributed by atoms with Crippen LogP contribution in [0.2, 0.25) is 0 Å². The van der Waals surface area contributed by atoms with E-state index in [-0.39, 0.29) is 33.3 Å². The van der Waals surface area contributed by atoms with E-state index in [2.05, 4.69) is 16.3 Å². The van der Waals surface area contributed by atoms with E-state index >= 15 is 0 Å². The minimum atomic E-state index is -0.375. The fourth-order valence-electron chi connectivity index (χ4n) is 2.05. The molecular weight excluding hydrogens is 499 g/mol. The Bertz CT molecular complexity index is 656. The second-order valence-corrected chi connectivity index (χ2v) is 5.49. The smallest absolute Gasteiger partial charge is 0.237 e. The monoisotopic (exact) mass is 520 g/mol. The molecule has 3 aromatic rings. The van der Waals surface area contributed by atoms with Crippen LogP contribution in [-0.4, -0.2) is 32.6 Å². The van der Waals surface area contributed by atoms with Gasteiger partial charge in [0.1, 0.15) is 0 Å². The average molecular weight is 520 g/mol. The third-order valence-corrected chi connectivity index (χ3v) is 3.07. The summed E-state index contributed by atoms with van der Waals surface area (Å²) in [5.41, 5.74) is 1.73. The Morgan fingerprint density at radius 3 is 2.04 bits per heavy atom. The molecule has 2 N–H and O–H groups in total. The number of rotatable bonds is 4. The van der Waals surface area contributed by atoms with Crippen molar-refractivity contribution in [3.63, 3.8) is 0 Å². The minimum Gasteiger partial charge on any atom is -0.464 e. The van der Waals surface area contributed by atoms with Crippen LogP contribution in [0.5, 0.6) is 0 Å². The Kier molecular flexibility index (Phi) is 9.28. The van der Waals surface area contributed by atoms with Gasteiger partial charge in [-0.3, -0.25) is 0 Å². The van der Waals surface area contributed by atoms with Crippen molar-refractivity contribution in [1.82, 2.24) is 10.2 Å². The number of aromatic nitrogens is 2. The van der Waals surface area contributed by atoms with Crippen molar-refractivity contribution in [2.24, 2.45) is 0 Å². The number of nitrogens with zero attached hydrogens (tertiary/aromatic N) is 2. The first-order valence-electron chi connectivity index (χ1n) is 7.78. The molecule has 1 aromatic heterocycles. The molecule has 0 saturated heterocycles. The van der Waals surface area contributed by atoms with Crippen LogP contribution in [-0.2, 0) is 21.1 Å². The quantitative estimate of drug-likeness (QED) is 0.516. The van der Waals surface area contributed by atoms with E-state index in [4.69, 9.17) is 14.6 Å². The van der Waals surface area contributed by atoms with Crippen molar-refractivity contribution < 1.29 is 35.7 Å². The molecule has 0 aliphatic carbocycles. The second kappa shape index (κ2) is 10.9. The number of aliphatic hydroxyl groups is 2.